The summed E-state index contributed by atoms with van der Waals surface area (Å²) in [5, 5.41) is 22.9. The topological polar surface area (TPSA) is 137 Å². The van der Waals surface area contributed by atoms with Crippen molar-refractivity contribution in [1.29, 1.82) is 0 Å². The minimum Gasteiger partial charge on any atom is -0.501 e. The predicted molar refractivity (Wildman–Crippen MR) is 103 cm³/mol. The van der Waals surface area contributed by atoms with Gasteiger partial charge in [0.25, 0.3) is 11.6 Å². The van der Waals surface area contributed by atoms with Gasteiger partial charge in [0.05, 0.1) is 29.8 Å². The second kappa shape index (κ2) is 13.2. The van der Waals surface area contributed by atoms with Crippen molar-refractivity contribution in [2.45, 2.75) is 26.3 Å². The molecule has 10 nitrogen and oxygen atoms in total. The zero-order chi connectivity index (χ0) is 21.6. The van der Waals surface area contributed by atoms with Crippen molar-refractivity contribution in [1.82, 2.24) is 5.32 Å². The molecular weight excluding hydrogens is 384 g/mol. The zero-order valence-electron chi connectivity index (χ0n) is 16.4. The average molecular weight is 410 g/mol. The Morgan fingerprint density at radius 1 is 1.24 bits per heavy atom. The number of benzene rings is 1. The van der Waals surface area contributed by atoms with Gasteiger partial charge in [0.1, 0.15) is 13.4 Å². The number of amides is 1. The SMILES string of the molecule is C/C=C/OC[C@@H](C[C@@H](COCOCC)NC(=O)c1ccc([N+](=O)[O-])cc1)C(=O)O. The van der Waals surface area contributed by atoms with Crippen molar-refractivity contribution >= 4 is 17.6 Å². The maximum Gasteiger partial charge on any atom is 0.310 e. The van der Waals surface area contributed by atoms with Gasteiger partial charge < -0.3 is 24.6 Å². The van der Waals surface area contributed by atoms with Gasteiger partial charge in [-0.15, -0.1) is 0 Å². The smallest absolute Gasteiger partial charge is 0.310 e. The van der Waals surface area contributed by atoms with Crippen molar-refractivity contribution in [3.63, 3.8) is 0 Å². The Morgan fingerprint density at radius 2 is 1.93 bits per heavy atom. The number of ether oxygens (including phenoxy) is 3. The van der Waals surface area contributed by atoms with E-state index in [0.29, 0.717) is 6.61 Å². The minimum atomic E-state index is -1.06. The summed E-state index contributed by atoms with van der Waals surface area (Å²) in [6, 6.07) is 4.47. The van der Waals surface area contributed by atoms with Crippen LogP contribution in [0.4, 0.5) is 5.69 Å². The highest BCUT2D eigenvalue weighted by Gasteiger charge is 2.25. The normalized spacial score (nSPS) is 13.0. The van der Waals surface area contributed by atoms with E-state index in [9.17, 15) is 24.8 Å². The maximum absolute atomic E-state index is 12.5. The molecule has 0 spiro atoms. The third-order valence-electron chi connectivity index (χ3n) is 3.81. The number of carboxylic acids is 1. The molecule has 10 heteroatoms. The molecule has 0 fully saturated rings. The molecule has 29 heavy (non-hydrogen) atoms. The van der Waals surface area contributed by atoms with E-state index in [-0.39, 0.29) is 37.7 Å². The van der Waals surface area contributed by atoms with Crippen molar-refractivity contribution in [2.75, 3.05) is 26.6 Å². The number of allylic oxidation sites excluding steroid dienone is 1. The molecule has 0 heterocycles. The number of nitro benzene ring substituents is 1. The highest BCUT2D eigenvalue weighted by atomic mass is 16.7. The van der Waals surface area contributed by atoms with E-state index in [2.05, 4.69) is 5.32 Å². The van der Waals surface area contributed by atoms with Crippen LogP contribution in [-0.2, 0) is 19.0 Å². The first-order chi connectivity index (χ1) is 13.9. The number of carbonyl (C=O) groups is 2. The van der Waals surface area contributed by atoms with E-state index in [4.69, 9.17) is 14.2 Å². The summed E-state index contributed by atoms with van der Waals surface area (Å²) in [4.78, 5) is 34.2. The second-order valence-electron chi connectivity index (χ2n) is 6.03. The van der Waals surface area contributed by atoms with Gasteiger partial charge in [-0.1, -0.05) is 6.08 Å². The number of carbonyl (C=O) groups excluding carboxylic acids is 1. The molecule has 0 saturated heterocycles. The number of hydrogen-bond donors (Lipinski definition) is 2. The number of hydrogen-bond acceptors (Lipinski definition) is 7. The summed E-state index contributed by atoms with van der Waals surface area (Å²) < 4.78 is 15.6. The Bertz CT molecular complexity index is 690. The fraction of sp³-hybridized carbons (Fsp3) is 0.474. The number of aliphatic carboxylic acids is 1. The number of nitro groups is 1. The first kappa shape index (κ1) is 24.1. The van der Waals surface area contributed by atoms with Crippen LogP contribution in [0, 0.1) is 16.0 Å². The Kier molecular flexibility index (Phi) is 11.0. The lowest BCUT2D eigenvalue weighted by molar-refractivity contribution is -0.384. The molecule has 0 aliphatic carbocycles. The van der Waals surface area contributed by atoms with Crippen molar-refractivity contribution in [3.8, 4) is 0 Å². The summed E-state index contributed by atoms with van der Waals surface area (Å²) in [7, 11) is 0. The largest absolute Gasteiger partial charge is 0.501 e. The highest BCUT2D eigenvalue weighted by Crippen LogP contribution is 2.14. The Balaban J connectivity index is 2.81. The molecule has 0 aromatic heterocycles. The second-order valence-corrected chi connectivity index (χ2v) is 6.03. The van der Waals surface area contributed by atoms with Crippen molar-refractivity contribution in [3.05, 3.63) is 52.3 Å². The molecular formula is C19H26N2O8. The summed E-state index contributed by atoms with van der Waals surface area (Å²) in [5.41, 5.74) is 0.0765. The first-order valence-corrected chi connectivity index (χ1v) is 9.05. The fourth-order valence-electron chi connectivity index (χ4n) is 2.36. The van der Waals surface area contributed by atoms with E-state index in [1.807, 2.05) is 0 Å². The predicted octanol–water partition coefficient (Wildman–Crippen LogP) is 2.34. The molecule has 0 radical (unpaired) electrons. The van der Waals surface area contributed by atoms with Gasteiger partial charge in [-0.05, 0) is 32.4 Å². The van der Waals surface area contributed by atoms with Crippen LogP contribution in [0.15, 0.2) is 36.6 Å². The number of carboxylic acid groups (broad SMARTS) is 1. The van der Waals surface area contributed by atoms with Crippen LogP contribution in [0.5, 0.6) is 0 Å². The molecule has 160 valence electrons. The zero-order valence-corrected chi connectivity index (χ0v) is 16.4. The van der Waals surface area contributed by atoms with Gasteiger partial charge in [0.15, 0.2) is 0 Å². The molecule has 1 aromatic rings. The van der Waals surface area contributed by atoms with Gasteiger partial charge in [0.2, 0.25) is 0 Å². The molecule has 0 aliphatic heterocycles. The Hall–Kier alpha value is -2.98. The Morgan fingerprint density at radius 3 is 2.48 bits per heavy atom. The molecule has 0 unspecified atom stereocenters. The number of rotatable bonds is 14. The molecule has 1 amide bonds. The van der Waals surface area contributed by atoms with Crippen LogP contribution in [0.2, 0.25) is 0 Å². The quantitative estimate of drug-likeness (QED) is 0.157. The van der Waals surface area contributed by atoms with E-state index in [0.717, 1.165) is 0 Å². The standard InChI is InChI=1S/C19H26N2O8/c1-3-9-28-11-15(19(23)24)10-16(12-29-13-27-4-2)20-18(22)14-5-7-17(8-6-14)21(25)26/h3,5-9,15-16H,4,10-13H2,1-2H3,(H,20,22)(H,23,24)/b9-3+/t15-,16+/m1/s1. The van der Waals surface area contributed by atoms with E-state index >= 15 is 0 Å². The van der Waals surface area contributed by atoms with Gasteiger partial charge in [-0.2, -0.15) is 0 Å². The van der Waals surface area contributed by atoms with Gasteiger partial charge in [0, 0.05) is 24.3 Å². The van der Waals surface area contributed by atoms with Crippen LogP contribution in [0.3, 0.4) is 0 Å². The lowest BCUT2D eigenvalue weighted by Crippen LogP contribution is -2.41. The van der Waals surface area contributed by atoms with E-state index in [1.54, 1.807) is 19.9 Å². The third-order valence-corrected chi connectivity index (χ3v) is 3.81. The third kappa shape index (κ3) is 9.17. The van der Waals surface area contributed by atoms with Crippen molar-refractivity contribution in [2.24, 2.45) is 5.92 Å². The molecule has 2 atom stereocenters. The van der Waals surface area contributed by atoms with Crippen LogP contribution in [0.1, 0.15) is 30.6 Å². The minimum absolute atomic E-state index is 0.00716. The number of nitrogens with one attached hydrogen (secondary N) is 1. The lowest BCUT2D eigenvalue weighted by Gasteiger charge is -2.22. The first-order valence-electron chi connectivity index (χ1n) is 9.05. The van der Waals surface area contributed by atoms with Gasteiger partial charge >= 0.3 is 5.97 Å². The summed E-state index contributed by atoms with van der Waals surface area (Å²) in [6.07, 6.45) is 3.10. The highest BCUT2D eigenvalue weighted by molar-refractivity contribution is 5.94. The molecule has 0 aliphatic rings. The van der Waals surface area contributed by atoms with Crippen LogP contribution >= 0.6 is 0 Å². The number of non-ortho nitro benzene ring substituents is 1. The lowest BCUT2D eigenvalue weighted by atomic mass is 10.0. The molecule has 0 bridgehead atoms. The van der Waals surface area contributed by atoms with Crippen LogP contribution in [-0.4, -0.2) is 54.6 Å². The van der Waals surface area contributed by atoms with E-state index in [1.165, 1.54) is 30.5 Å². The summed E-state index contributed by atoms with van der Waals surface area (Å²) >= 11 is 0. The molecule has 1 aromatic carbocycles. The molecule has 2 N–H and O–H groups in total. The fourth-order valence-corrected chi connectivity index (χ4v) is 2.36. The molecule has 1 rings (SSSR count). The average Bonchev–Trinajstić information content (AvgIpc) is 2.70. The van der Waals surface area contributed by atoms with Crippen LogP contribution < -0.4 is 5.32 Å². The maximum atomic E-state index is 12.5. The number of nitrogens with zero attached hydrogens (tertiary/aromatic N) is 1. The monoisotopic (exact) mass is 410 g/mol. The molecule has 0 saturated carbocycles. The van der Waals surface area contributed by atoms with Crippen LogP contribution in [0.25, 0.3) is 0 Å². The van der Waals surface area contributed by atoms with E-state index < -0.39 is 28.8 Å². The van der Waals surface area contributed by atoms with Crippen molar-refractivity contribution < 1.29 is 33.8 Å². The van der Waals surface area contributed by atoms with Gasteiger partial charge in [-0.3, -0.25) is 19.7 Å². The summed E-state index contributed by atoms with van der Waals surface area (Å²) in [5.74, 6) is -2.43. The summed E-state index contributed by atoms with van der Waals surface area (Å²) in [6.45, 7) is 3.98. The van der Waals surface area contributed by atoms with Gasteiger partial charge in [-0.25, -0.2) is 0 Å². The Labute approximate surface area is 168 Å².